The van der Waals surface area contributed by atoms with Crippen LogP contribution in [-0.2, 0) is 0 Å². The molecule has 0 radical (unpaired) electrons. The van der Waals surface area contributed by atoms with Crippen molar-refractivity contribution in [1.82, 2.24) is 0 Å². The lowest BCUT2D eigenvalue weighted by atomic mass is 10.2. The van der Waals surface area contributed by atoms with Gasteiger partial charge in [0.05, 0.1) is 6.04 Å². The second kappa shape index (κ2) is 10.5. The van der Waals surface area contributed by atoms with E-state index in [1.807, 2.05) is 11.8 Å². The molecule has 0 aromatic rings. The second-order valence-corrected chi connectivity index (χ2v) is 5.17. The van der Waals surface area contributed by atoms with Crippen LogP contribution in [0.5, 0.6) is 0 Å². The summed E-state index contributed by atoms with van der Waals surface area (Å²) in [5, 5.41) is 8.65. The molecule has 0 aliphatic heterocycles. The average Bonchev–Trinajstić information content (AvgIpc) is 2.17. The van der Waals surface area contributed by atoms with Gasteiger partial charge >= 0.3 is 0 Å². The molecule has 0 saturated carbocycles. The zero-order chi connectivity index (χ0) is 11.5. The second-order valence-electron chi connectivity index (χ2n) is 4.02. The first kappa shape index (κ1) is 15.0. The van der Waals surface area contributed by atoms with Crippen LogP contribution in [0.1, 0.15) is 46.5 Å². The molecule has 0 aromatic heterocycles. The molecule has 3 heteroatoms. The maximum Gasteiger partial charge on any atom is 0.0589 e. The third kappa shape index (κ3) is 10.3. The van der Waals surface area contributed by atoms with Crippen LogP contribution in [0.4, 0.5) is 0 Å². The minimum atomic E-state index is 0.325. The summed E-state index contributed by atoms with van der Waals surface area (Å²) in [4.78, 5) is 4.63. The predicted molar refractivity (Wildman–Crippen MR) is 71.1 cm³/mol. The Bertz CT molecular complexity index is 167. The van der Waals surface area contributed by atoms with E-state index in [2.05, 4.69) is 25.8 Å². The Morgan fingerprint density at radius 3 is 2.60 bits per heavy atom. The third-order valence-corrected chi connectivity index (χ3v) is 3.27. The molecule has 0 fully saturated rings. The Hall–Kier alpha value is -0.0200. The lowest BCUT2D eigenvalue weighted by Crippen LogP contribution is -2.10. The molecule has 1 atom stereocenters. The van der Waals surface area contributed by atoms with E-state index in [0.29, 0.717) is 12.6 Å². The standard InChI is InChI=1S/C12H25NOS/c1-4-7-12(13-11(2)3)10-15-9-6-5-8-14/h12,14H,4-10H2,1-3H3. The molecule has 15 heavy (non-hydrogen) atoms. The van der Waals surface area contributed by atoms with Crippen molar-refractivity contribution in [3.8, 4) is 0 Å². The molecule has 0 saturated heterocycles. The van der Waals surface area contributed by atoms with Crippen molar-refractivity contribution in [3.05, 3.63) is 0 Å². The molecule has 0 aromatic carbocycles. The number of hydrogen-bond donors (Lipinski definition) is 1. The molecule has 0 rings (SSSR count). The van der Waals surface area contributed by atoms with Crippen LogP contribution >= 0.6 is 11.8 Å². The lowest BCUT2D eigenvalue weighted by Gasteiger charge is -2.11. The van der Waals surface area contributed by atoms with Gasteiger partial charge in [-0.2, -0.15) is 11.8 Å². The van der Waals surface area contributed by atoms with E-state index in [-0.39, 0.29) is 0 Å². The fourth-order valence-electron chi connectivity index (χ4n) is 1.42. The first-order valence-electron chi connectivity index (χ1n) is 5.90. The van der Waals surface area contributed by atoms with Crippen molar-refractivity contribution in [2.24, 2.45) is 4.99 Å². The first-order chi connectivity index (χ1) is 7.20. The lowest BCUT2D eigenvalue weighted by molar-refractivity contribution is 0.287. The summed E-state index contributed by atoms with van der Waals surface area (Å²) < 4.78 is 0. The van der Waals surface area contributed by atoms with Crippen molar-refractivity contribution in [2.45, 2.75) is 52.5 Å². The maximum absolute atomic E-state index is 8.65. The van der Waals surface area contributed by atoms with Gasteiger partial charge in [-0.3, -0.25) is 4.99 Å². The van der Waals surface area contributed by atoms with Crippen LogP contribution in [0.3, 0.4) is 0 Å². The summed E-state index contributed by atoms with van der Waals surface area (Å²) in [6.45, 7) is 6.67. The zero-order valence-corrected chi connectivity index (χ0v) is 11.1. The topological polar surface area (TPSA) is 32.6 Å². The van der Waals surface area contributed by atoms with Crippen LogP contribution in [-0.4, -0.2) is 35.0 Å². The highest BCUT2D eigenvalue weighted by molar-refractivity contribution is 7.99. The summed E-state index contributed by atoms with van der Waals surface area (Å²) in [5.74, 6) is 2.28. The molecular weight excluding hydrogens is 206 g/mol. The van der Waals surface area contributed by atoms with E-state index in [0.717, 1.165) is 24.3 Å². The number of thioether (sulfide) groups is 1. The van der Waals surface area contributed by atoms with Gasteiger partial charge in [0, 0.05) is 18.1 Å². The number of hydrogen-bond acceptors (Lipinski definition) is 3. The van der Waals surface area contributed by atoms with Crippen LogP contribution in [0.2, 0.25) is 0 Å². The Morgan fingerprint density at radius 2 is 2.07 bits per heavy atom. The Labute approximate surface area is 98.6 Å². The monoisotopic (exact) mass is 231 g/mol. The molecule has 0 bridgehead atoms. The van der Waals surface area contributed by atoms with Crippen molar-refractivity contribution in [1.29, 1.82) is 0 Å². The van der Waals surface area contributed by atoms with E-state index in [1.165, 1.54) is 18.6 Å². The quantitative estimate of drug-likeness (QED) is 0.488. The van der Waals surface area contributed by atoms with Gasteiger partial charge in [0.2, 0.25) is 0 Å². The van der Waals surface area contributed by atoms with Gasteiger partial charge < -0.3 is 5.11 Å². The SMILES string of the molecule is CCCC(CSCCCCO)N=C(C)C. The smallest absolute Gasteiger partial charge is 0.0589 e. The minimum absolute atomic E-state index is 0.325. The van der Waals surface area contributed by atoms with E-state index in [9.17, 15) is 0 Å². The van der Waals surface area contributed by atoms with Gasteiger partial charge in [0.15, 0.2) is 0 Å². The molecule has 0 amide bonds. The summed E-state index contributed by atoms with van der Waals surface area (Å²) in [5.41, 5.74) is 1.18. The Kier molecular flexibility index (Phi) is 10.5. The van der Waals surface area contributed by atoms with Crippen LogP contribution in [0.15, 0.2) is 4.99 Å². The largest absolute Gasteiger partial charge is 0.396 e. The van der Waals surface area contributed by atoms with E-state index in [4.69, 9.17) is 5.11 Å². The summed E-state index contributed by atoms with van der Waals surface area (Å²) in [6, 6.07) is 0.499. The summed E-state index contributed by atoms with van der Waals surface area (Å²) >= 11 is 1.97. The highest BCUT2D eigenvalue weighted by Crippen LogP contribution is 2.12. The molecule has 1 N–H and O–H groups in total. The number of unbranched alkanes of at least 4 members (excludes halogenated alkanes) is 1. The van der Waals surface area contributed by atoms with Crippen molar-refractivity contribution < 1.29 is 5.11 Å². The van der Waals surface area contributed by atoms with Crippen molar-refractivity contribution in [3.63, 3.8) is 0 Å². The molecule has 90 valence electrons. The molecule has 0 aliphatic carbocycles. The van der Waals surface area contributed by atoms with Crippen LogP contribution < -0.4 is 0 Å². The normalized spacial score (nSPS) is 12.5. The molecule has 1 unspecified atom stereocenters. The molecule has 0 spiro atoms. The van der Waals surface area contributed by atoms with Gasteiger partial charge in [-0.25, -0.2) is 0 Å². The van der Waals surface area contributed by atoms with Crippen LogP contribution in [0, 0.1) is 0 Å². The van der Waals surface area contributed by atoms with E-state index < -0.39 is 0 Å². The Balaban J connectivity index is 3.62. The van der Waals surface area contributed by atoms with Crippen LogP contribution in [0.25, 0.3) is 0 Å². The molecule has 0 heterocycles. The molecular formula is C12H25NOS. The average molecular weight is 231 g/mol. The molecule has 0 aliphatic rings. The predicted octanol–water partition coefficient (Wildman–Crippen LogP) is 3.14. The van der Waals surface area contributed by atoms with Gasteiger partial charge in [0.1, 0.15) is 0 Å². The summed E-state index contributed by atoms with van der Waals surface area (Å²) in [6.07, 6.45) is 4.45. The van der Waals surface area contributed by atoms with Crippen molar-refractivity contribution >= 4 is 17.5 Å². The van der Waals surface area contributed by atoms with Gasteiger partial charge in [-0.1, -0.05) is 13.3 Å². The highest BCUT2D eigenvalue weighted by Gasteiger charge is 2.05. The number of aliphatic hydroxyl groups is 1. The van der Waals surface area contributed by atoms with E-state index in [1.54, 1.807) is 0 Å². The van der Waals surface area contributed by atoms with Gasteiger partial charge in [0.25, 0.3) is 0 Å². The first-order valence-corrected chi connectivity index (χ1v) is 7.05. The Morgan fingerprint density at radius 1 is 1.33 bits per heavy atom. The van der Waals surface area contributed by atoms with Gasteiger partial charge in [-0.05, 0) is 38.9 Å². The molecule has 2 nitrogen and oxygen atoms in total. The maximum atomic E-state index is 8.65. The minimum Gasteiger partial charge on any atom is -0.396 e. The summed E-state index contributed by atoms with van der Waals surface area (Å²) in [7, 11) is 0. The number of aliphatic hydroxyl groups excluding tert-OH is 1. The number of rotatable bonds is 9. The number of nitrogens with zero attached hydrogens (tertiary/aromatic N) is 1. The van der Waals surface area contributed by atoms with Gasteiger partial charge in [-0.15, -0.1) is 0 Å². The fourth-order valence-corrected chi connectivity index (χ4v) is 2.51. The zero-order valence-electron chi connectivity index (χ0n) is 10.3. The van der Waals surface area contributed by atoms with Crippen molar-refractivity contribution in [2.75, 3.05) is 18.1 Å². The fraction of sp³-hybridized carbons (Fsp3) is 0.917. The van der Waals surface area contributed by atoms with E-state index >= 15 is 0 Å². The number of aliphatic imine (C=N–C) groups is 1. The highest BCUT2D eigenvalue weighted by atomic mass is 32.2. The third-order valence-electron chi connectivity index (χ3n) is 2.07.